The molecule has 2 aromatic rings. The van der Waals surface area contributed by atoms with Crippen LogP contribution in [0.1, 0.15) is 21.5 Å². The highest BCUT2D eigenvalue weighted by Crippen LogP contribution is 2.20. The average Bonchev–Trinajstić information content (AvgIpc) is 2.26. The molecule has 2 rings (SSSR count). The summed E-state index contributed by atoms with van der Waals surface area (Å²) in [6.07, 6.45) is 0. The van der Waals surface area contributed by atoms with Gasteiger partial charge in [0, 0.05) is 16.1 Å². The number of benzene rings is 2. The van der Waals surface area contributed by atoms with Crippen molar-refractivity contribution in [2.45, 2.75) is 6.92 Å². The highest BCUT2D eigenvalue weighted by atomic mass is 79.9. The van der Waals surface area contributed by atoms with E-state index in [0.29, 0.717) is 11.6 Å². The molecule has 92 valence electrons. The summed E-state index contributed by atoms with van der Waals surface area (Å²) in [5.74, 6) is -2.01. The highest BCUT2D eigenvalue weighted by Gasteiger charge is 2.15. The first-order chi connectivity index (χ1) is 8.47. The Labute approximate surface area is 112 Å². The van der Waals surface area contributed by atoms with Gasteiger partial charge in [-0.2, -0.15) is 0 Å². The largest absolute Gasteiger partial charge is 0.288 e. The third-order valence-corrected chi connectivity index (χ3v) is 2.94. The van der Waals surface area contributed by atoms with E-state index in [-0.39, 0.29) is 5.56 Å². The van der Waals surface area contributed by atoms with E-state index < -0.39 is 17.4 Å². The van der Waals surface area contributed by atoms with E-state index in [1.54, 1.807) is 12.1 Å². The quantitative estimate of drug-likeness (QED) is 0.757. The summed E-state index contributed by atoms with van der Waals surface area (Å²) in [6, 6.07) is 8.05. The van der Waals surface area contributed by atoms with Crippen LogP contribution in [0.15, 0.2) is 40.9 Å². The van der Waals surface area contributed by atoms with Crippen molar-refractivity contribution < 1.29 is 13.6 Å². The van der Waals surface area contributed by atoms with Crippen molar-refractivity contribution >= 4 is 21.7 Å². The molecule has 0 spiro atoms. The lowest BCUT2D eigenvalue weighted by molar-refractivity contribution is 0.103. The lowest BCUT2D eigenvalue weighted by Crippen LogP contribution is -2.05. The van der Waals surface area contributed by atoms with E-state index in [0.717, 1.165) is 22.2 Å². The predicted molar refractivity (Wildman–Crippen MR) is 68.7 cm³/mol. The summed E-state index contributed by atoms with van der Waals surface area (Å²) in [7, 11) is 0. The molecular formula is C14H9BrF2O. The molecule has 0 bridgehead atoms. The maximum atomic E-state index is 13.5. The fourth-order valence-corrected chi connectivity index (χ4v) is 2.30. The van der Waals surface area contributed by atoms with Crippen LogP contribution in [0, 0.1) is 18.6 Å². The Hall–Kier alpha value is -1.55. The van der Waals surface area contributed by atoms with Gasteiger partial charge in [0.2, 0.25) is 0 Å². The first kappa shape index (κ1) is 12.9. The van der Waals surface area contributed by atoms with Crippen molar-refractivity contribution in [1.82, 2.24) is 0 Å². The van der Waals surface area contributed by atoms with Crippen molar-refractivity contribution in [2.75, 3.05) is 0 Å². The molecule has 0 radical (unpaired) electrons. The normalized spacial score (nSPS) is 10.4. The van der Waals surface area contributed by atoms with Gasteiger partial charge in [0.15, 0.2) is 5.78 Å². The van der Waals surface area contributed by atoms with Crippen LogP contribution in [0.2, 0.25) is 0 Å². The third kappa shape index (κ3) is 2.64. The molecule has 0 aliphatic heterocycles. The molecule has 0 saturated carbocycles. The van der Waals surface area contributed by atoms with Crippen molar-refractivity contribution in [3.8, 4) is 0 Å². The first-order valence-electron chi connectivity index (χ1n) is 5.24. The second kappa shape index (κ2) is 4.98. The summed E-state index contributed by atoms with van der Waals surface area (Å²) >= 11 is 3.28. The van der Waals surface area contributed by atoms with Gasteiger partial charge in [0.1, 0.15) is 11.6 Å². The molecule has 0 N–H and O–H groups in total. The standard InChI is InChI=1S/C14H9BrF2O/c1-8-4-9(6-10(15)5-8)14(18)12-3-2-11(16)7-13(12)17/h2-7H,1H3. The highest BCUT2D eigenvalue weighted by molar-refractivity contribution is 9.10. The second-order valence-corrected chi connectivity index (χ2v) is 4.89. The van der Waals surface area contributed by atoms with E-state index in [9.17, 15) is 13.6 Å². The fourth-order valence-electron chi connectivity index (χ4n) is 1.70. The van der Waals surface area contributed by atoms with Gasteiger partial charge in [0.25, 0.3) is 0 Å². The van der Waals surface area contributed by atoms with Crippen LogP contribution in [0.3, 0.4) is 0 Å². The van der Waals surface area contributed by atoms with E-state index in [1.165, 1.54) is 0 Å². The maximum Gasteiger partial charge on any atom is 0.196 e. The van der Waals surface area contributed by atoms with Gasteiger partial charge in [-0.05, 0) is 42.8 Å². The molecule has 0 amide bonds. The Morgan fingerprint density at radius 1 is 1.11 bits per heavy atom. The first-order valence-corrected chi connectivity index (χ1v) is 6.03. The fraction of sp³-hybridized carbons (Fsp3) is 0.0714. The van der Waals surface area contributed by atoms with E-state index in [4.69, 9.17) is 0 Å². The van der Waals surface area contributed by atoms with Crippen molar-refractivity contribution in [3.05, 3.63) is 69.2 Å². The molecule has 4 heteroatoms. The molecule has 0 saturated heterocycles. The zero-order valence-electron chi connectivity index (χ0n) is 9.51. The molecule has 0 heterocycles. The zero-order valence-corrected chi connectivity index (χ0v) is 11.1. The molecule has 0 aromatic heterocycles. The number of halogens is 3. The van der Waals surface area contributed by atoms with Gasteiger partial charge in [-0.1, -0.05) is 15.9 Å². The summed E-state index contributed by atoms with van der Waals surface area (Å²) in [5, 5.41) is 0. The van der Waals surface area contributed by atoms with Crippen LogP contribution in [-0.4, -0.2) is 5.78 Å². The number of aryl methyl sites for hydroxylation is 1. The predicted octanol–water partition coefficient (Wildman–Crippen LogP) is 4.27. The van der Waals surface area contributed by atoms with Gasteiger partial charge in [-0.25, -0.2) is 8.78 Å². The van der Waals surface area contributed by atoms with Gasteiger partial charge < -0.3 is 0 Å². The molecule has 0 aliphatic rings. The molecule has 0 aliphatic carbocycles. The lowest BCUT2D eigenvalue weighted by atomic mass is 10.0. The number of hydrogen-bond donors (Lipinski definition) is 0. The topological polar surface area (TPSA) is 17.1 Å². The summed E-state index contributed by atoms with van der Waals surface area (Å²) in [6.45, 7) is 1.84. The minimum Gasteiger partial charge on any atom is -0.288 e. The van der Waals surface area contributed by atoms with Gasteiger partial charge in [-0.3, -0.25) is 4.79 Å². The van der Waals surface area contributed by atoms with Crippen molar-refractivity contribution in [1.29, 1.82) is 0 Å². The van der Waals surface area contributed by atoms with Crippen molar-refractivity contribution in [2.24, 2.45) is 0 Å². The molecular weight excluding hydrogens is 302 g/mol. The molecule has 0 fully saturated rings. The van der Waals surface area contributed by atoms with Crippen molar-refractivity contribution in [3.63, 3.8) is 0 Å². The second-order valence-electron chi connectivity index (χ2n) is 3.97. The van der Waals surface area contributed by atoms with Gasteiger partial charge >= 0.3 is 0 Å². The Kier molecular flexibility index (Phi) is 3.57. The van der Waals surface area contributed by atoms with E-state index in [2.05, 4.69) is 15.9 Å². The summed E-state index contributed by atoms with van der Waals surface area (Å²) in [5.41, 5.74) is 1.12. The Morgan fingerprint density at radius 2 is 1.83 bits per heavy atom. The number of carbonyl (C=O) groups excluding carboxylic acids is 1. The minimum atomic E-state index is -0.849. The van der Waals surface area contributed by atoms with Crippen LogP contribution in [0.5, 0.6) is 0 Å². The minimum absolute atomic E-state index is 0.131. The summed E-state index contributed by atoms with van der Waals surface area (Å²) < 4.78 is 27.0. The Morgan fingerprint density at radius 3 is 2.44 bits per heavy atom. The SMILES string of the molecule is Cc1cc(Br)cc(C(=O)c2ccc(F)cc2F)c1. The van der Waals surface area contributed by atoms with E-state index in [1.807, 2.05) is 13.0 Å². The Bertz CT molecular complexity index is 603. The van der Waals surface area contributed by atoms with Gasteiger partial charge in [0.05, 0.1) is 5.56 Å². The number of carbonyl (C=O) groups is 1. The van der Waals surface area contributed by atoms with Crippen LogP contribution in [-0.2, 0) is 0 Å². The number of rotatable bonds is 2. The lowest BCUT2D eigenvalue weighted by Gasteiger charge is -2.05. The van der Waals surface area contributed by atoms with Crippen LogP contribution < -0.4 is 0 Å². The zero-order chi connectivity index (χ0) is 13.3. The molecule has 0 unspecified atom stereocenters. The monoisotopic (exact) mass is 310 g/mol. The Balaban J connectivity index is 2.47. The van der Waals surface area contributed by atoms with E-state index >= 15 is 0 Å². The molecule has 18 heavy (non-hydrogen) atoms. The van der Waals surface area contributed by atoms with Crippen LogP contribution in [0.4, 0.5) is 8.78 Å². The average molecular weight is 311 g/mol. The number of ketones is 1. The molecule has 1 nitrogen and oxygen atoms in total. The molecule has 0 atom stereocenters. The molecule has 2 aromatic carbocycles. The number of hydrogen-bond acceptors (Lipinski definition) is 1. The third-order valence-electron chi connectivity index (χ3n) is 2.48. The van der Waals surface area contributed by atoms with Crippen LogP contribution >= 0.6 is 15.9 Å². The summed E-state index contributed by atoms with van der Waals surface area (Å²) in [4.78, 5) is 12.1. The van der Waals surface area contributed by atoms with Crippen LogP contribution in [0.25, 0.3) is 0 Å². The van der Waals surface area contributed by atoms with Gasteiger partial charge in [-0.15, -0.1) is 0 Å². The maximum absolute atomic E-state index is 13.5. The smallest absolute Gasteiger partial charge is 0.196 e.